The zero-order chi connectivity index (χ0) is 21.2. The highest BCUT2D eigenvalue weighted by Crippen LogP contribution is 2.27. The van der Waals surface area contributed by atoms with Crippen LogP contribution in [-0.4, -0.2) is 43.0 Å². The minimum absolute atomic E-state index is 0.156. The van der Waals surface area contributed by atoms with Crippen molar-refractivity contribution in [2.75, 3.05) is 11.2 Å². The monoisotopic (exact) mass is 464 g/mol. The first-order chi connectivity index (χ1) is 12.0. The number of halogens is 1. The van der Waals surface area contributed by atoms with Crippen molar-refractivity contribution in [1.82, 2.24) is 4.98 Å². The molecule has 0 unspecified atom stereocenters. The topological polar surface area (TPSA) is 103 Å². The number of imide groups is 1. The Morgan fingerprint density at radius 1 is 1.07 bits per heavy atom. The molecule has 10 heteroatoms. The van der Waals surface area contributed by atoms with E-state index in [2.05, 4.69) is 20.9 Å². The fourth-order valence-corrected chi connectivity index (χ4v) is 3.08. The van der Waals surface area contributed by atoms with E-state index in [0.29, 0.717) is 9.37 Å². The lowest BCUT2D eigenvalue weighted by atomic mass is 10.2. The molecule has 0 N–H and O–H groups in total. The number of nitrogens with zero attached hydrogens (tertiary/aromatic N) is 2. The van der Waals surface area contributed by atoms with Gasteiger partial charge in [-0.1, -0.05) is 0 Å². The summed E-state index contributed by atoms with van der Waals surface area (Å²) in [6, 6.07) is 1.48. The van der Waals surface area contributed by atoms with E-state index in [4.69, 9.17) is 9.47 Å². The SMILES string of the molecule is CC(C)(C)OC(=O)N(C(=O)OC(C)(C)C)c1ncc(Br)cc1CS(C)(=O)=O. The van der Waals surface area contributed by atoms with Gasteiger partial charge in [-0.15, -0.1) is 0 Å². The van der Waals surface area contributed by atoms with Gasteiger partial charge in [0.2, 0.25) is 0 Å². The van der Waals surface area contributed by atoms with E-state index in [1.165, 1.54) is 12.3 Å². The summed E-state index contributed by atoms with van der Waals surface area (Å²) >= 11 is 3.22. The van der Waals surface area contributed by atoms with E-state index in [1.807, 2.05) is 0 Å². The Morgan fingerprint density at radius 2 is 1.52 bits per heavy atom. The molecule has 0 saturated heterocycles. The lowest BCUT2D eigenvalue weighted by molar-refractivity contribution is 0.0428. The molecule has 0 fully saturated rings. The highest BCUT2D eigenvalue weighted by molar-refractivity contribution is 9.10. The third kappa shape index (κ3) is 8.25. The van der Waals surface area contributed by atoms with Gasteiger partial charge in [0.15, 0.2) is 15.7 Å². The second-order valence-electron chi connectivity index (χ2n) is 8.00. The van der Waals surface area contributed by atoms with Crippen molar-refractivity contribution in [3.8, 4) is 0 Å². The first kappa shape index (κ1) is 23.4. The summed E-state index contributed by atoms with van der Waals surface area (Å²) < 4.78 is 34.7. The van der Waals surface area contributed by atoms with Crippen LogP contribution in [0.4, 0.5) is 15.4 Å². The fourth-order valence-electron chi connectivity index (χ4n) is 1.93. The molecule has 0 radical (unpaired) electrons. The predicted octanol–water partition coefficient (Wildman–Crippen LogP) is 4.07. The highest BCUT2D eigenvalue weighted by atomic mass is 79.9. The minimum atomic E-state index is -3.46. The van der Waals surface area contributed by atoms with Gasteiger partial charge in [-0.25, -0.2) is 23.0 Å². The largest absolute Gasteiger partial charge is 0.443 e. The molecule has 152 valence electrons. The number of rotatable bonds is 3. The van der Waals surface area contributed by atoms with Gasteiger partial charge in [0.25, 0.3) is 0 Å². The molecule has 0 aromatic carbocycles. The van der Waals surface area contributed by atoms with Gasteiger partial charge in [0.1, 0.15) is 11.2 Å². The first-order valence-corrected chi connectivity index (χ1v) is 10.9. The number of hydrogen-bond donors (Lipinski definition) is 0. The molecule has 1 rings (SSSR count). The number of aromatic nitrogens is 1. The maximum atomic E-state index is 12.7. The molecule has 0 bridgehead atoms. The zero-order valence-electron chi connectivity index (χ0n) is 16.5. The smallest absolute Gasteiger partial charge is 0.425 e. The van der Waals surface area contributed by atoms with Crippen LogP contribution in [0.15, 0.2) is 16.7 Å². The molecule has 0 spiro atoms. The first-order valence-electron chi connectivity index (χ1n) is 8.07. The summed E-state index contributed by atoms with van der Waals surface area (Å²) in [5, 5.41) is 0. The van der Waals surface area contributed by atoms with Gasteiger partial charge in [-0.05, 0) is 63.5 Å². The third-order valence-electron chi connectivity index (χ3n) is 2.69. The molecule has 0 aliphatic heterocycles. The average molecular weight is 465 g/mol. The number of amides is 2. The Labute approximate surface area is 168 Å². The molecule has 2 amide bonds. The van der Waals surface area contributed by atoms with Crippen LogP contribution in [0.5, 0.6) is 0 Å². The Balaban J connectivity index is 3.50. The number of hydrogen-bond acceptors (Lipinski definition) is 7. The van der Waals surface area contributed by atoms with Crippen LogP contribution >= 0.6 is 15.9 Å². The molecule has 1 aromatic rings. The third-order valence-corrected chi connectivity index (χ3v) is 3.96. The summed E-state index contributed by atoms with van der Waals surface area (Å²) in [6.45, 7) is 9.86. The van der Waals surface area contributed by atoms with E-state index >= 15 is 0 Å². The van der Waals surface area contributed by atoms with Gasteiger partial charge >= 0.3 is 12.2 Å². The van der Waals surface area contributed by atoms with Crippen molar-refractivity contribution >= 4 is 43.8 Å². The molecule has 1 aromatic heterocycles. The predicted molar refractivity (Wildman–Crippen MR) is 105 cm³/mol. The van der Waals surface area contributed by atoms with Crippen molar-refractivity contribution in [2.24, 2.45) is 0 Å². The molecule has 1 heterocycles. The molecular weight excluding hydrogens is 440 g/mol. The normalized spacial score (nSPS) is 12.4. The second-order valence-corrected chi connectivity index (χ2v) is 11.1. The van der Waals surface area contributed by atoms with E-state index in [1.54, 1.807) is 41.5 Å². The summed E-state index contributed by atoms with van der Waals surface area (Å²) in [5.74, 6) is -0.580. The number of carbonyl (C=O) groups is 2. The quantitative estimate of drug-likeness (QED) is 0.663. The van der Waals surface area contributed by atoms with Crippen LogP contribution in [-0.2, 0) is 25.1 Å². The maximum absolute atomic E-state index is 12.7. The Morgan fingerprint density at radius 3 is 1.89 bits per heavy atom. The van der Waals surface area contributed by atoms with Gasteiger partial charge in [-0.2, -0.15) is 4.90 Å². The van der Waals surface area contributed by atoms with Crippen LogP contribution in [0.1, 0.15) is 47.1 Å². The lowest BCUT2D eigenvalue weighted by Gasteiger charge is -2.29. The lowest BCUT2D eigenvalue weighted by Crippen LogP contribution is -2.44. The summed E-state index contributed by atoms with van der Waals surface area (Å²) in [5.41, 5.74) is -1.61. The van der Waals surface area contributed by atoms with Crippen molar-refractivity contribution in [1.29, 1.82) is 0 Å². The highest BCUT2D eigenvalue weighted by Gasteiger charge is 2.35. The molecule has 0 aliphatic carbocycles. The summed E-state index contributed by atoms with van der Waals surface area (Å²) in [4.78, 5) is 30.1. The standard InChI is InChI=1S/C17H25BrN2O6S/c1-16(2,3)25-14(21)20(15(22)26-17(4,5)6)13-11(10-27(7,23)24)8-12(18)9-19-13/h8-9H,10H2,1-7H3. The number of pyridine rings is 1. The number of sulfone groups is 1. The van der Waals surface area contributed by atoms with E-state index in [9.17, 15) is 18.0 Å². The summed E-state index contributed by atoms with van der Waals surface area (Å²) in [7, 11) is -3.46. The van der Waals surface area contributed by atoms with Crippen molar-refractivity contribution in [3.05, 3.63) is 22.3 Å². The molecule has 8 nitrogen and oxygen atoms in total. The molecule has 0 atom stereocenters. The van der Waals surface area contributed by atoms with E-state index in [0.717, 1.165) is 6.26 Å². The Bertz CT molecular complexity index is 797. The number of anilines is 1. The summed E-state index contributed by atoms with van der Waals surface area (Å²) in [6.07, 6.45) is 0.369. The molecule has 0 saturated carbocycles. The van der Waals surface area contributed by atoms with Gasteiger partial charge in [-0.3, -0.25) is 0 Å². The molecule has 27 heavy (non-hydrogen) atoms. The van der Waals surface area contributed by atoms with E-state index < -0.39 is 39.0 Å². The second kappa shape index (κ2) is 8.14. The van der Waals surface area contributed by atoms with Crippen molar-refractivity contribution in [3.63, 3.8) is 0 Å². The minimum Gasteiger partial charge on any atom is -0.443 e. The maximum Gasteiger partial charge on any atom is 0.425 e. The Hall–Kier alpha value is -1.68. The fraction of sp³-hybridized carbons (Fsp3) is 0.588. The zero-order valence-corrected chi connectivity index (χ0v) is 18.9. The van der Waals surface area contributed by atoms with E-state index in [-0.39, 0.29) is 11.4 Å². The van der Waals surface area contributed by atoms with Crippen LogP contribution in [0.2, 0.25) is 0 Å². The van der Waals surface area contributed by atoms with Gasteiger partial charge in [0, 0.05) is 22.5 Å². The van der Waals surface area contributed by atoms with Gasteiger partial charge < -0.3 is 9.47 Å². The van der Waals surface area contributed by atoms with Crippen molar-refractivity contribution in [2.45, 2.75) is 58.5 Å². The number of ether oxygens (including phenoxy) is 2. The van der Waals surface area contributed by atoms with Crippen LogP contribution in [0.3, 0.4) is 0 Å². The number of carbonyl (C=O) groups excluding carboxylic acids is 2. The van der Waals surface area contributed by atoms with Gasteiger partial charge in [0.05, 0.1) is 5.75 Å². The molecular formula is C17H25BrN2O6S. The molecule has 0 aliphatic rings. The van der Waals surface area contributed by atoms with Crippen LogP contribution in [0.25, 0.3) is 0 Å². The van der Waals surface area contributed by atoms with Crippen LogP contribution in [0, 0.1) is 0 Å². The van der Waals surface area contributed by atoms with Crippen LogP contribution < -0.4 is 4.90 Å². The average Bonchev–Trinajstić information content (AvgIpc) is 2.35. The Kier molecular flexibility index (Phi) is 7.04. The van der Waals surface area contributed by atoms with Crippen molar-refractivity contribution < 1.29 is 27.5 Å².